The Morgan fingerprint density at radius 1 is 1.00 bits per heavy atom. The van der Waals surface area contributed by atoms with Gasteiger partial charge in [0.15, 0.2) is 0 Å². The number of halogens is 1. The van der Waals surface area contributed by atoms with Crippen molar-refractivity contribution in [3.8, 4) is 0 Å². The average molecular weight is 552 g/mol. The minimum atomic E-state index is -1.77. The van der Waals surface area contributed by atoms with Crippen molar-refractivity contribution in [1.82, 2.24) is 0 Å². The average Bonchev–Trinajstić information content (AvgIpc) is 3.76. The summed E-state index contributed by atoms with van der Waals surface area (Å²) in [5.74, 6) is -6.15. The summed E-state index contributed by atoms with van der Waals surface area (Å²) in [6.45, 7) is 0.455. The van der Waals surface area contributed by atoms with Crippen LogP contribution in [0.2, 0.25) is 0 Å². The maximum atomic E-state index is 13.7. The third-order valence-corrected chi connectivity index (χ3v) is 8.96. The molecule has 0 aliphatic heterocycles. The highest BCUT2D eigenvalue weighted by Crippen LogP contribution is 2.64. The number of esters is 4. The number of carbonyl (C=O) groups excluding carboxylic acids is 4. The van der Waals surface area contributed by atoms with Gasteiger partial charge in [0.1, 0.15) is 11.4 Å². The topological polar surface area (TPSA) is 151 Å². The molecule has 6 atom stereocenters. The number of thioether (sulfide) groups is 1. The van der Waals surface area contributed by atoms with Crippen LogP contribution in [0.3, 0.4) is 0 Å². The molecule has 5 rings (SSSR count). The van der Waals surface area contributed by atoms with E-state index in [1.54, 1.807) is 19.1 Å². The fourth-order valence-electron chi connectivity index (χ4n) is 5.28. The Balaban J connectivity index is 1.25. The molecular formula is C26H30FNO9S. The lowest BCUT2D eigenvalue weighted by molar-refractivity contribution is -0.174. The molecule has 0 bridgehead atoms. The molecule has 0 spiro atoms. The predicted octanol–water partition coefficient (Wildman–Crippen LogP) is 1.68. The summed E-state index contributed by atoms with van der Waals surface area (Å²) >= 11 is 1.29. The first-order chi connectivity index (χ1) is 18.1. The summed E-state index contributed by atoms with van der Waals surface area (Å²) < 4.78 is 33.9. The lowest BCUT2D eigenvalue weighted by Crippen LogP contribution is -2.59. The van der Waals surface area contributed by atoms with E-state index < -0.39 is 72.8 Å². The van der Waals surface area contributed by atoms with Crippen LogP contribution in [0.4, 0.5) is 4.39 Å². The first-order valence-electron chi connectivity index (χ1n) is 12.7. The van der Waals surface area contributed by atoms with Gasteiger partial charge in [0.25, 0.3) is 0 Å². The third-order valence-electron chi connectivity index (χ3n) is 7.85. The Bertz CT molecular complexity index is 1140. The maximum Gasteiger partial charge on any atom is 0.329 e. The lowest BCUT2D eigenvalue weighted by atomic mass is 9.81. The molecule has 0 amide bonds. The van der Waals surface area contributed by atoms with Crippen LogP contribution in [0, 0.1) is 48.2 Å². The van der Waals surface area contributed by atoms with Gasteiger partial charge in [0, 0.05) is 28.4 Å². The van der Waals surface area contributed by atoms with Crippen LogP contribution in [0.5, 0.6) is 0 Å². The van der Waals surface area contributed by atoms with Gasteiger partial charge in [-0.15, -0.1) is 11.8 Å². The molecule has 4 saturated carbocycles. The molecule has 4 aliphatic carbocycles. The highest BCUT2D eigenvalue weighted by atomic mass is 32.2. The van der Waals surface area contributed by atoms with Gasteiger partial charge >= 0.3 is 23.9 Å². The fraction of sp³-hybridized carbons (Fsp3) is 0.615. The number of carbonyl (C=O) groups is 4. The summed E-state index contributed by atoms with van der Waals surface area (Å²) in [6.07, 6.45) is 1.82. The number of aliphatic hydroxyl groups is 1. The summed E-state index contributed by atoms with van der Waals surface area (Å²) in [5, 5.41) is 11.1. The number of aryl methyl sites for hydroxylation is 1. The van der Waals surface area contributed by atoms with E-state index in [2.05, 4.69) is 0 Å². The van der Waals surface area contributed by atoms with Gasteiger partial charge in [-0.1, -0.05) is 0 Å². The second kappa shape index (κ2) is 10.5. The number of nitrogens with two attached hydrogens (primary N) is 1. The second-order valence-corrected chi connectivity index (χ2v) is 11.6. The highest BCUT2D eigenvalue weighted by Gasteiger charge is 2.78. The molecule has 38 heavy (non-hydrogen) atoms. The van der Waals surface area contributed by atoms with Gasteiger partial charge in [-0.2, -0.15) is 0 Å². The van der Waals surface area contributed by atoms with E-state index in [0.717, 1.165) is 30.6 Å². The van der Waals surface area contributed by atoms with Crippen molar-refractivity contribution in [3.63, 3.8) is 0 Å². The van der Waals surface area contributed by atoms with Crippen molar-refractivity contribution in [1.29, 1.82) is 0 Å². The molecule has 3 N–H and O–H groups in total. The van der Waals surface area contributed by atoms with Crippen LogP contribution < -0.4 is 5.73 Å². The fourth-order valence-corrected chi connectivity index (χ4v) is 6.54. The molecule has 1 unspecified atom stereocenters. The molecule has 0 heterocycles. The van der Waals surface area contributed by atoms with Gasteiger partial charge in [0.2, 0.25) is 13.6 Å². The lowest BCUT2D eigenvalue weighted by Gasteiger charge is -2.34. The Hall–Kier alpha value is -2.70. The van der Waals surface area contributed by atoms with Crippen LogP contribution in [0.15, 0.2) is 23.1 Å². The molecule has 206 valence electrons. The van der Waals surface area contributed by atoms with Gasteiger partial charge < -0.3 is 29.8 Å². The zero-order valence-corrected chi connectivity index (χ0v) is 21.6. The number of hydrogen-bond donors (Lipinski definition) is 2. The van der Waals surface area contributed by atoms with Crippen molar-refractivity contribution in [2.45, 2.75) is 49.1 Å². The van der Waals surface area contributed by atoms with Crippen molar-refractivity contribution >= 4 is 35.6 Å². The zero-order chi connectivity index (χ0) is 27.2. The Morgan fingerprint density at radius 2 is 1.58 bits per heavy atom. The van der Waals surface area contributed by atoms with Crippen molar-refractivity contribution < 1.29 is 47.6 Å². The van der Waals surface area contributed by atoms with Crippen LogP contribution in [-0.2, 0) is 38.1 Å². The van der Waals surface area contributed by atoms with E-state index in [1.165, 1.54) is 17.8 Å². The molecule has 10 nitrogen and oxygen atoms in total. The molecule has 1 aromatic rings. The largest absolute Gasteiger partial charge is 0.428 e. The van der Waals surface area contributed by atoms with Crippen LogP contribution in [0.1, 0.15) is 31.2 Å². The molecule has 12 heteroatoms. The minimum Gasteiger partial charge on any atom is -0.428 e. The Morgan fingerprint density at radius 3 is 2.16 bits per heavy atom. The van der Waals surface area contributed by atoms with Crippen molar-refractivity contribution in [2.75, 3.05) is 19.3 Å². The molecule has 4 aliphatic rings. The summed E-state index contributed by atoms with van der Waals surface area (Å²) in [6, 6.07) is 4.57. The van der Waals surface area contributed by atoms with Gasteiger partial charge in [-0.25, -0.2) is 9.18 Å². The zero-order valence-electron chi connectivity index (χ0n) is 20.8. The van der Waals surface area contributed by atoms with Gasteiger partial charge in [-0.05, 0) is 56.4 Å². The smallest absolute Gasteiger partial charge is 0.329 e. The molecule has 0 saturated heterocycles. The van der Waals surface area contributed by atoms with E-state index in [4.69, 9.17) is 24.7 Å². The second-order valence-electron chi connectivity index (χ2n) is 10.5. The first-order valence-corrected chi connectivity index (χ1v) is 13.6. The molecule has 1 aromatic carbocycles. The van der Waals surface area contributed by atoms with Gasteiger partial charge in [-0.3, -0.25) is 14.4 Å². The predicted molar refractivity (Wildman–Crippen MR) is 128 cm³/mol. The monoisotopic (exact) mass is 551 g/mol. The standard InChI is InChI=1S/C26H30FNO9S/c1-12-8-15(6-7-17(12)27)38-9-16-21(29)18-19(24(32)36-10-34-22(30)13-2-3-13)20(18)26(16,28)25(33)37-11-35-23(31)14-4-5-14/h6-8,13-14,16,18-21,29H,2-5,9-11,28H2,1H3/t16-,18+,19?,20+,21-,26+/m1/s1. The summed E-state index contributed by atoms with van der Waals surface area (Å²) in [4.78, 5) is 50.2. The number of hydrogen-bond acceptors (Lipinski definition) is 11. The number of ether oxygens (including phenoxy) is 4. The quantitative estimate of drug-likeness (QED) is 0.235. The highest BCUT2D eigenvalue weighted by molar-refractivity contribution is 7.99. The van der Waals surface area contributed by atoms with E-state index in [0.29, 0.717) is 5.56 Å². The van der Waals surface area contributed by atoms with Crippen LogP contribution in [0.25, 0.3) is 0 Å². The summed E-state index contributed by atoms with van der Waals surface area (Å²) in [5.41, 5.74) is 5.32. The number of fused-ring (bicyclic) bond motifs is 1. The summed E-state index contributed by atoms with van der Waals surface area (Å²) in [7, 11) is 0. The molecule has 0 radical (unpaired) electrons. The van der Waals surface area contributed by atoms with E-state index in [-0.39, 0.29) is 23.4 Å². The molecule has 4 fully saturated rings. The van der Waals surface area contributed by atoms with Crippen molar-refractivity contribution in [2.24, 2.45) is 41.2 Å². The first kappa shape index (κ1) is 26.9. The van der Waals surface area contributed by atoms with E-state index >= 15 is 0 Å². The van der Waals surface area contributed by atoms with Gasteiger partial charge in [0.05, 0.1) is 23.9 Å². The third kappa shape index (κ3) is 5.26. The van der Waals surface area contributed by atoms with Crippen molar-refractivity contribution in [3.05, 3.63) is 29.6 Å². The normalized spacial score (nSPS) is 31.2. The Labute approximate surface area is 222 Å². The molecular weight excluding hydrogens is 521 g/mol. The Kier molecular flexibility index (Phi) is 7.40. The number of aliphatic hydroxyl groups excluding tert-OH is 1. The maximum absolute atomic E-state index is 13.7. The molecule has 0 aromatic heterocycles. The number of benzene rings is 1. The van der Waals surface area contributed by atoms with Crippen LogP contribution >= 0.6 is 11.8 Å². The van der Waals surface area contributed by atoms with Crippen LogP contribution in [-0.4, -0.2) is 60.0 Å². The minimum absolute atomic E-state index is 0.153. The number of rotatable bonds is 11. The van der Waals surface area contributed by atoms with E-state index in [9.17, 15) is 28.7 Å². The SMILES string of the molecule is Cc1cc(SC[C@@H]2[C@@H](O)[C@H]3C(C(=O)OCOC(=O)C4CC4)[C@H]3[C@]2(N)C(=O)OCOC(=O)C2CC2)ccc1F. The van der Waals surface area contributed by atoms with E-state index in [1.807, 2.05) is 0 Å².